The summed E-state index contributed by atoms with van der Waals surface area (Å²) >= 11 is 0. The fraction of sp³-hybridized carbons (Fsp3) is 0.259. The number of nitrogens with zero attached hydrogens (tertiary/aromatic N) is 2. The number of para-hydroxylation sites is 2. The van der Waals surface area contributed by atoms with E-state index in [4.69, 9.17) is 0 Å². The standard InChI is InChI=1S/C27H27FN4O2/c1-3-31(4-2)13-8-14-32-16-20(18-10-7-11-21(28)25(18)32)24-23(26(33)30-27(24)34)19-15-29-22-12-6-5-9-17(19)22/h5-7,9-12,15-16,29H,3-4,8,13-14H2,1-2H3,(H,30,33,34). The number of fused-ring (bicyclic) bond motifs is 2. The first-order chi connectivity index (χ1) is 16.5. The summed E-state index contributed by atoms with van der Waals surface area (Å²) < 4.78 is 16.9. The molecule has 2 aromatic carbocycles. The Hall–Kier alpha value is -3.71. The minimum Gasteiger partial charge on any atom is -0.361 e. The Kier molecular flexibility index (Phi) is 5.79. The number of benzene rings is 2. The maximum atomic E-state index is 15.0. The molecule has 2 N–H and O–H groups in total. The van der Waals surface area contributed by atoms with Crippen LogP contribution < -0.4 is 5.32 Å². The molecule has 2 aromatic heterocycles. The van der Waals surface area contributed by atoms with Crippen molar-refractivity contribution in [2.24, 2.45) is 0 Å². The highest BCUT2D eigenvalue weighted by atomic mass is 19.1. The number of hydrogen-bond donors (Lipinski definition) is 2. The Labute approximate surface area is 197 Å². The summed E-state index contributed by atoms with van der Waals surface area (Å²) in [5.74, 6) is -1.24. The molecule has 0 spiro atoms. The fourth-order valence-corrected chi connectivity index (χ4v) is 4.94. The van der Waals surface area contributed by atoms with E-state index >= 15 is 0 Å². The SMILES string of the molecule is CCN(CC)CCCn1cc(C2=C(c3c[nH]c4ccccc34)C(=O)NC2=O)c2cccc(F)c21. The van der Waals surface area contributed by atoms with Crippen molar-refractivity contribution < 1.29 is 14.0 Å². The first-order valence-electron chi connectivity index (χ1n) is 11.7. The Balaban J connectivity index is 1.66. The van der Waals surface area contributed by atoms with Crippen LogP contribution in [0.1, 0.15) is 31.4 Å². The summed E-state index contributed by atoms with van der Waals surface area (Å²) in [6, 6.07) is 12.5. The zero-order valence-corrected chi connectivity index (χ0v) is 19.3. The molecule has 0 aliphatic carbocycles. The largest absolute Gasteiger partial charge is 0.361 e. The number of aromatic amines is 1. The van der Waals surface area contributed by atoms with Crippen LogP contribution in [0.4, 0.5) is 4.39 Å². The molecule has 0 unspecified atom stereocenters. The average Bonchev–Trinajstić information content (AvgIpc) is 3.50. The van der Waals surface area contributed by atoms with E-state index in [0.29, 0.717) is 34.1 Å². The van der Waals surface area contributed by atoms with Crippen molar-refractivity contribution in [2.75, 3.05) is 19.6 Å². The number of carbonyl (C=O) groups is 2. The normalized spacial score (nSPS) is 14.2. The molecule has 1 aliphatic rings. The Bertz CT molecular complexity index is 1440. The van der Waals surface area contributed by atoms with Crippen molar-refractivity contribution in [3.05, 3.63) is 71.8 Å². The molecule has 7 heteroatoms. The number of aromatic nitrogens is 2. The van der Waals surface area contributed by atoms with Gasteiger partial charge in [0.25, 0.3) is 11.8 Å². The summed E-state index contributed by atoms with van der Waals surface area (Å²) in [7, 11) is 0. The van der Waals surface area contributed by atoms with Gasteiger partial charge >= 0.3 is 0 Å². The predicted octanol–water partition coefficient (Wildman–Crippen LogP) is 4.56. The Morgan fingerprint density at radius 2 is 1.62 bits per heavy atom. The quantitative estimate of drug-likeness (QED) is 0.380. The number of imide groups is 1. The van der Waals surface area contributed by atoms with Gasteiger partial charge in [-0.1, -0.05) is 44.2 Å². The maximum absolute atomic E-state index is 15.0. The van der Waals surface area contributed by atoms with Gasteiger partial charge < -0.3 is 14.5 Å². The molecule has 0 fully saturated rings. The van der Waals surface area contributed by atoms with Crippen molar-refractivity contribution >= 4 is 44.8 Å². The van der Waals surface area contributed by atoms with Crippen molar-refractivity contribution in [1.82, 2.24) is 19.8 Å². The summed E-state index contributed by atoms with van der Waals surface area (Å²) in [6.45, 7) is 7.69. The number of carbonyl (C=O) groups excluding carboxylic acids is 2. The lowest BCUT2D eigenvalue weighted by atomic mass is 9.95. The lowest BCUT2D eigenvalue weighted by molar-refractivity contribution is -0.122. The van der Waals surface area contributed by atoms with Crippen LogP contribution in [0.2, 0.25) is 0 Å². The highest BCUT2D eigenvalue weighted by Gasteiger charge is 2.35. The molecule has 174 valence electrons. The van der Waals surface area contributed by atoms with Gasteiger partial charge in [-0.3, -0.25) is 14.9 Å². The molecular formula is C27H27FN4O2. The molecule has 0 bridgehead atoms. The molecule has 2 amide bonds. The van der Waals surface area contributed by atoms with E-state index in [-0.39, 0.29) is 11.4 Å². The van der Waals surface area contributed by atoms with E-state index in [0.717, 1.165) is 37.0 Å². The van der Waals surface area contributed by atoms with Crippen LogP contribution >= 0.6 is 0 Å². The Morgan fingerprint density at radius 3 is 2.38 bits per heavy atom. The lowest BCUT2D eigenvalue weighted by Gasteiger charge is -2.18. The highest BCUT2D eigenvalue weighted by Crippen LogP contribution is 2.38. The summed E-state index contributed by atoms with van der Waals surface area (Å²) in [5, 5.41) is 3.94. The summed E-state index contributed by atoms with van der Waals surface area (Å²) in [5.41, 5.74) is 3.16. The van der Waals surface area contributed by atoms with Gasteiger partial charge in [0.15, 0.2) is 0 Å². The topological polar surface area (TPSA) is 70.1 Å². The van der Waals surface area contributed by atoms with Gasteiger partial charge in [-0.2, -0.15) is 0 Å². The van der Waals surface area contributed by atoms with Crippen LogP contribution in [0, 0.1) is 5.82 Å². The zero-order valence-electron chi connectivity index (χ0n) is 19.3. The van der Waals surface area contributed by atoms with Gasteiger partial charge in [-0.25, -0.2) is 4.39 Å². The van der Waals surface area contributed by atoms with E-state index in [1.807, 2.05) is 41.1 Å². The number of rotatable bonds is 8. The summed E-state index contributed by atoms with van der Waals surface area (Å²) in [4.78, 5) is 31.5. The van der Waals surface area contributed by atoms with Crippen LogP contribution in [0.15, 0.2) is 54.9 Å². The van der Waals surface area contributed by atoms with Gasteiger partial charge in [0.1, 0.15) is 5.82 Å². The van der Waals surface area contributed by atoms with Gasteiger partial charge in [0.2, 0.25) is 0 Å². The van der Waals surface area contributed by atoms with Crippen LogP contribution in [0.5, 0.6) is 0 Å². The molecule has 0 atom stereocenters. The molecule has 0 saturated heterocycles. The second kappa shape index (κ2) is 8.91. The van der Waals surface area contributed by atoms with E-state index in [1.54, 1.807) is 12.3 Å². The Morgan fingerprint density at radius 1 is 0.912 bits per heavy atom. The van der Waals surface area contributed by atoms with Crippen LogP contribution in [0.25, 0.3) is 33.0 Å². The zero-order chi connectivity index (χ0) is 23.8. The number of H-pyrrole nitrogens is 1. The number of aryl methyl sites for hydroxylation is 1. The molecule has 3 heterocycles. The smallest absolute Gasteiger partial charge is 0.259 e. The molecule has 34 heavy (non-hydrogen) atoms. The average molecular weight is 459 g/mol. The van der Waals surface area contributed by atoms with E-state index in [1.165, 1.54) is 6.07 Å². The lowest BCUT2D eigenvalue weighted by Crippen LogP contribution is -2.24. The molecule has 1 aliphatic heterocycles. The molecule has 4 aromatic rings. The predicted molar refractivity (Wildman–Crippen MR) is 133 cm³/mol. The molecule has 5 rings (SSSR count). The van der Waals surface area contributed by atoms with Crippen molar-refractivity contribution in [3.63, 3.8) is 0 Å². The van der Waals surface area contributed by atoms with Crippen molar-refractivity contribution in [3.8, 4) is 0 Å². The minimum absolute atomic E-state index is 0.285. The molecule has 6 nitrogen and oxygen atoms in total. The monoisotopic (exact) mass is 458 g/mol. The first kappa shape index (κ1) is 22.1. The van der Waals surface area contributed by atoms with E-state index < -0.39 is 11.8 Å². The third kappa shape index (κ3) is 3.62. The van der Waals surface area contributed by atoms with Crippen LogP contribution in [0.3, 0.4) is 0 Å². The van der Waals surface area contributed by atoms with E-state index in [9.17, 15) is 14.0 Å². The number of amides is 2. The van der Waals surface area contributed by atoms with Gasteiger partial charge in [0, 0.05) is 46.4 Å². The third-order valence-electron chi connectivity index (χ3n) is 6.68. The molecular weight excluding hydrogens is 431 g/mol. The number of hydrogen-bond acceptors (Lipinski definition) is 3. The molecule has 0 saturated carbocycles. The van der Waals surface area contributed by atoms with Gasteiger partial charge in [-0.05, 0) is 38.2 Å². The highest BCUT2D eigenvalue weighted by molar-refractivity contribution is 6.50. The fourth-order valence-electron chi connectivity index (χ4n) is 4.94. The van der Waals surface area contributed by atoms with Crippen LogP contribution in [-0.2, 0) is 16.1 Å². The van der Waals surface area contributed by atoms with Crippen molar-refractivity contribution in [2.45, 2.75) is 26.8 Å². The number of nitrogens with one attached hydrogen (secondary N) is 2. The van der Waals surface area contributed by atoms with E-state index in [2.05, 4.69) is 29.0 Å². The summed E-state index contributed by atoms with van der Waals surface area (Å²) in [6.07, 6.45) is 4.42. The number of halogens is 1. The van der Waals surface area contributed by atoms with Crippen molar-refractivity contribution in [1.29, 1.82) is 0 Å². The second-order valence-electron chi connectivity index (χ2n) is 8.53. The minimum atomic E-state index is -0.461. The van der Waals surface area contributed by atoms with Gasteiger partial charge in [0.05, 0.1) is 16.7 Å². The second-order valence-corrected chi connectivity index (χ2v) is 8.53. The van der Waals surface area contributed by atoms with Gasteiger partial charge in [-0.15, -0.1) is 0 Å². The first-order valence-corrected chi connectivity index (χ1v) is 11.7. The maximum Gasteiger partial charge on any atom is 0.259 e. The third-order valence-corrected chi connectivity index (χ3v) is 6.68. The van der Waals surface area contributed by atoms with Crippen LogP contribution in [-0.4, -0.2) is 45.9 Å². The molecule has 0 radical (unpaired) electrons.